The fraction of sp³-hybridized carbons (Fsp3) is 0.150. The number of rotatable bonds is 5. The van der Waals surface area contributed by atoms with E-state index >= 15 is 0 Å². The monoisotopic (exact) mass is 383 g/mol. The molecule has 0 atom stereocenters. The number of aryl methyl sites for hydroxylation is 2. The Morgan fingerprint density at radius 3 is 2.37 bits per heavy atom. The molecule has 1 aromatic heterocycles. The third-order valence-corrected chi connectivity index (χ3v) is 4.41. The molecule has 0 bridgehead atoms. The highest BCUT2D eigenvalue weighted by molar-refractivity contribution is 6.32. The summed E-state index contributed by atoms with van der Waals surface area (Å²) in [5, 5.41) is 7.15. The first kappa shape index (κ1) is 18.7. The maximum Gasteiger partial charge on any atom is 0.343 e. The molecule has 1 heterocycles. The van der Waals surface area contributed by atoms with Gasteiger partial charge in [-0.1, -0.05) is 41.9 Å². The van der Waals surface area contributed by atoms with Gasteiger partial charge in [0.25, 0.3) is 5.91 Å². The number of esters is 1. The van der Waals surface area contributed by atoms with Crippen LogP contribution in [0.25, 0.3) is 0 Å². The summed E-state index contributed by atoms with van der Waals surface area (Å²) in [7, 11) is 1.66. The fourth-order valence-electron chi connectivity index (χ4n) is 2.56. The summed E-state index contributed by atoms with van der Waals surface area (Å²) >= 11 is 6.07. The second kappa shape index (κ2) is 8.05. The number of amides is 1. The first-order valence-electron chi connectivity index (χ1n) is 8.27. The van der Waals surface area contributed by atoms with E-state index in [4.69, 9.17) is 16.3 Å². The van der Waals surface area contributed by atoms with Gasteiger partial charge in [-0.15, -0.1) is 0 Å². The van der Waals surface area contributed by atoms with Crippen LogP contribution in [0, 0.1) is 6.92 Å². The Morgan fingerprint density at radius 2 is 1.78 bits per heavy atom. The topological polar surface area (TPSA) is 73.2 Å². The number of para-hydroxylation sites is 1. The van der Waals surface area contributed by atoms with Gasteiger partial charge in [0.05, 0.1) is 5.69 Å². The van der Waals surface area contributed by atoms with Gasteiger partial charge in [-0.3, -0.25) is 9.48 Å². The SMILES string of the molecule is Cc1nn(C)c(Cl)c1C(=O)OCc1ccc(C(=O)Nc2ccccc2)cc1. The van der Waals surface area contributed by atoms with Crippen LogP contribution in [0.4, 0.5) is 5.69 Å². The van der Waals surface area contributed by atoms with E-state index in [2.05, 4.69) is 10.4 Å². The van der Waals surface area contributed by atoms with E-state index in [-0.39, 0.29) is 23.2 Å². The number of hydrogen-bond acceptors (Lipinski definition) is 4. The maximum atomic E-state index is 12.2. The first-order chi connectivity index (χ1) is 13.0. The Labute approximate surface area is 161 Å². The highest BCUT2D eigenvalue weighted by Gasteiger charge is 2.20. The third-order valence-electron chi connectivity index (χ3n) is 3.97. The fourth-order valence-corrected chi connectivity index (χ4v) is 2.81. The molecule has 6 nitrogen and oxygen atoms in total. The van der Waals surface area contributed by atoms with Crippen LogP contribution in [0.1, 0.15) is 32.0 Å². The molecule has 3 rings (SSSR count). The van der Waals surface area contributed by atoms with Gasteiger partial charge in [0, 0.05) is 18.3 Å². The zero-order chi connectivity index (χ0) is 19.4. The molecule has 2 aromatic carbocycles. The van der Waals surface area contributed by atoms with E-state index in [9.17, 15) is 9.59 Å². The predicted octanol–water partition coefficient (Wildman–Crippen LogP) is 3.99. The average molecular weight is 384 g/mol. The van der Waals surface area contributed by atoms with Crippen molar-refractivity contribution in [3.63, 3.8) is 0 Å². The molecule has 0 unspecified atom stereocenters. The summed E-state index contributed by atoms with van der Waals surface area (Å²) < 4.78 is 6.73. The summed E-state index contributed by atoms with van der Waals surface area (Å²) in [6.07, 6.45) is 0. The molecule has 0 saturated heterocycles. The van der Waals surface area contributed by atoms with Crippen LogP contribution in [-0.2, 0) is 18.4 Å². The average Bonchev–Trinajstić information content (AvgIpc) is 2.93. The lowest BCUT2D eigenvalue weighted by atomic mass is 10.1. The number of benzene rings is 2. The highest BCUT2D eigenvalue weighted by atomic mass is 35.5. The predicted molar refractivity (Wildman–Crippen MR) is 103 cm³/mol. The molecule has 7 heteroatoms. The lowest BCUT2D eigenvalue weighted by Crippen LogP contribution is -2.12. The van der Waals surface area contributed by atoms with Crippen LogP contribution < -0.4 is 5.32 Å². The Morgan fingerprint density at radius 1 is 1.11 bits per heavy atom. The molecule has 0 aliphatic carbocycles. The maximum absolute atomic E-state index is 12.2. The van der Waals surface area contributed by atoms with Crippen molar-refractivity contribution >= 4 is 29.2 Å². The number of carbonyl (C=O) groups excluding carboxylic acids is 2. The molecular formula is C20H18ClN3O3. The Bertz CT molecular complexity index is 966. The lowest BCUT2D eigenvalue weighted by molar-refractivity contribution is 0.0472. The summed E-state index contributed by atoms with van der Waals surface area (Å²) in [4.78, 5) is 24.5. The van der Waals surface area contributed by atoms with E-state index in [1.165, 1.54) is 4.68 Å². The molecule has 1 amide bonds. The Balaban J connectivity index is 1.60. The molecule has 0 saturated carbocycles. The van der Waals surface area contributed by atoms with Gasteiger partial charge in [0.2, 0.25) is 0 Å². The minimum Gasteiger partial charge on any atom is -0.457 e. The van der Waals surface area contributed by atoms with E-state index in [0.29, 0.717) is 11.3 Å². The van der Waals surface area contributed by atoms with Gasteiger partial charge in [-0.25, -0.2) is 4.79 Å². The van der Waals surface area contributed by atoms with Crippen LogP contribution in [0.3, 0.4) is 0 Å². The zero-order valence-corrected chi connectivity index (χ0v) is 15.7. The standard InChI is InChI=1S/C20H18ClN3O3/c1-13-17(18(21)24(2)23-13)20(26)27-12-14-8-10-15(11-9-14)19(25)22-16-6-4-3-5-7-16/h3-11H,12H2,1-2H3,(H,22,25). The van der Waals surface area contributed by atoms with Crippen molar-refractivity contribution in [3.05, 3.63) is 82.1 Å². The summed E-state index contributed by atoms with van der Waals surface area (Å²) in [6, 6.07) is 16.1. The number of nitrogens with one attached hydrogen (secondary N) is 1. The number of hydrogen-bond donors (Lipinski definition) is 1. The molecule has 0 aliphatic rings. The number of aromatic nitrogens is 2. The molecule has 0 spiro atoms. The molecule has 27 heavy (non-hydrogen) atoms. The van der Waals surface area contributed by atoms with Crippen LogP contribution in [0.5, 0.6) is 0 Å². The van der Waals surface area contributed by atoms with Crippen LogP contribution in [0.15, 0.2) is 54.6 Å². The molecule has 0 aliphatic heterocycles. The van der Waals surface area contributed by atoms with E-state index in [0.717, 1.165) is 11.3 Å². The molecule has 0 radical (unpaired) electrons. The van der Waals surface area contributed by atoms with Gasteiger partial charge in [-0.05, 0) is 36.8 Å². The second-order valence-electron chi connectivity index (χ2n) is 5.97. The molecule has 0 fully saturated rings. The van der Waals surface area contributed by atoms with Crippen molar-refractivity contribution in [2.75, 3.05) is 5.32 Å². The van der Waals surface area contributed by atoms with Crippen molar-refractivity contribution < 1.29 is 14.3 Å². The zero-order valence-electron chi connectivity index (χ0n) is 14.9. The quantitative estimate of drug-likeness (QED) is 0.676. The van der Waals surface area contributed by atoms with Crippen LogP contribution in [-0.4, -0.2) is 21.7 Å². The number of nitrogens with zero attached hydrogens (tertiary/aromatic N) is 2. The van der Waals surface area contributed by atoms with E-state index in [1.54, 1.807) is 38.2 Å². The first-order valence-corrected chi connectivity index (χ1v) is 8.65. The van der Waals surface area contributed by atoms with Gasteiger partial charge in [0.1, 0.15) is 17.3 Å². The Hall–Kier alpha value is -3.12. The molecular weight excluding hydrogens is 366 g/mol. The third kappa shape index (κ3) is 4.35. The smallest absolute Gasteiger partial charge is 0.343 e. The minimum atomic E-state index is -0.531. The van der Waals surface area contributed by atoms with Crippen molar-refractivity contribution in [2.45, 2.75) is 13.5 Å². The highest BCUT2D eigenvalue weighted by Crippen LogP contribution is 2.20. The summed E-state index contributed by atoms with van der Waals surface area (Å²) in [5.74, 6) is -0.737. The summed E-state index contributed by atoms with van der Waals surface area (Å²) in [5.41, 5.74) is 2.78. The largest absolute Gasteiger partial charge is 0.457 e. The van der Waals surface area contributed by atoms with Gasteiger partial charge < -0.3 is 10.1 Å². The normalized spacial score (nSPS) is 10.5. The van der Waals surface area contributed by atoms with Crippen molar-refractivity contribution in [1.82, 2.24) is 9.78 Å². The molecule has 1 N–H and O–H groups in total. The van der Waals surface area contributed by atoms with E-state index in [1.807, 2.05) is 30.3 Å². The number of anilines is 1. The number of halogens is 1. The number of carbonyl (C=O) groups is 2. The van der Waals surface area contributed by atoms with Crippen LogP contribution in [0.2, 0.25) is 5.15 Å². The number of ether oxygens (including phenoxy) is 1. The molecule has 3 aromatic rings. The van der Waals surface area contributed by atoms with Gasteiger partial charge in [0.15, 0.2) is 0 Å². The van der Waals surface area contributed by atoms with Crippen molar-refractivity contribution in [1.29, 1.82) is 0 Å². The minimum absolute atomic E-state index is 0.0735. The van der Waals surface area contributed by atoms with Gasteiger partial charge in [-0.2, -0.15) is 5.10 Å². The second-order valence-corrected chi connectivity index (χ2v) is 6.33. The van der Waals surface area contributed by atoms with E-state index < -0.39 is 5.97 Å². The van der Waals surface area contributed by atoms with Crippen molar-refractivity contribution in [2.24, 2.45) is 7.05 Å². The van der Waals surface area contributed by atoms with Crippen LogP contribution >= 0.6 is 11.6 Å². The van der Waals surface area contributed by atoms with Gasteiger partial charge >= 0.3 is 5.97 Å². The molecule has 138 valence electrons. The summed E-state index contributed by atoms with van der Waals surface area (Å²) in [6.45, 7) is 1.77. The van der Waals surface area contributed by atoms with Crippen molar-refractivity contribution in [3.8, 4) is 0 Å². The lowest BCUT2D eigenvalue weighted by Gasteiger charge is -2.07. The Kier molecular flexibility index (Phi) is 5.57.